The van der Waals surface area contributed by atoms with Gasteiger partial charge in [0, 0.05) is 15.7 Å². The van der Waals surface area contributed by atoms with Crippen LogP contribution in [0.25, 0.3) is 6.08 Å². The minimum Gasteiger partial charge on any atom is -0.409 e. The number of hydrogen-bond donors (Lipinski definition) is 0. The molecule has 0 aliphatic rings. The largest absolute Gasteiger partial charge is 0.409 e. The van der Waals surface area contributed by atoms with E-state index < -0.39 is 8.32 Å². The summed E-state index contributed by atoms with van der Waals surface area (Å²) in [7, 11) is -1.83. The van der Waals surface area contributed by atoms with E-state index in [0.29, 0.717) is 0 Å². The van der Waals surface area contributed by atoms with Gasteiger partial charge in [-0.1, -0.05) is 61.0 Å². The molecule has 0 spiro atoms. The molecule has 0 saturated carbocycles. The molecule has 1 rings (SSSR count). The summed E-state index contributed by atoms with van der Waals surface area (Å²) in [5.41, 5.74) is 0.875. The predicted octanol–water partition coefficient (Wildman–Crippen LogP) is 5.88. The van der Waals surface area contributed by atoms with Crippen LogP contribution in [0.1, 0.15) is 32.9 Å². The van der Waals surface area contributed by atoms with Gasteiger partial charge in [-0.15, -0.1) is 0 Å². The molecule has 0 saturated heterocycles. The monoisotopic (exact) mass is 437 g/mol. The fraction of sp³-hybridized carbons (Fsp3) is 0.562. The average molecular weight is 438 g/mol. The van der Waals surface area contributed by atoms with E-state index in [1.54, 1.807) is 6.20 Å². The number of pyridine rings is 1. The van der Waals surface area contributed by atoms with E-state index in [2.05, 4.69) is 61.4 Å². The number of alkyl halides is 1. The number of rotatable bonds is 6. The van der Waals surface area contributed by atoms with Crippen LogP contribution in [-0.4, -0.2) is 23.8 Å². The number of aromatic nitrogens is 1. The van der Waals surface area contributed by atoms with Gasteiger partial charge in [0.25, 0.3) is 0 Å². The Bertz CT molecular complexity index is 471. The summed E-state index contributed by atoms with van der Waals surface area (Å²) in [6, 6.07) is 5.82. The zero-order valence-electron chi connectivity index (χ0n) is 13.5. The first-order valence-electron chi connectivity index (χ1n) is 7.19. The van der Waals surface area contributed by atoms with E-state index in [4.69, 9.17) is 16.0 Å². The van der Waals surface area contributed by atoms with Crippen LogP contribution in [-0.2, 0) is 4.43 Å². The molecule has 0 aliphatic heterocycles. The molecule has 21 heavy (non-hydrogen) atoms. The van der Waals surface area contributed by atoms with E-state index in [1.165, 1.54) is 0 Å². The first-order chi connectivity index (χ1) is 9.67. The lowest BCUT2D eigenvalue weighted by molar-refractivity contribution is 0.219. The SMILES string of the molecule is CC(C)(C)[Si](C)(C)O[C@@H](CCI)/C(Cl)=C\c1ccccn1. The fourth-order valence-corrected chi connectivity index (χ4v) is 3.80. The van der Waals surface area contributed by atoms with Crippen LogP contribution in [0, 0.1) is 0 Å². The van der Waals surface area contributed by atoms with Crippen molar-refractivity contribution in [2.24, 2.45) is 0 Å². The molecule has 0 radical (unpaired) electrons. The normalized spacial score (nSPS) is 15.1. The first kappa shape index (κ1) is 19.1. The lowest BCUT2D eigenvalue weighted by Gasteiger charge is -2.39. The van der Waals surface area contributed by atoms with Crippen LogP contribution < -0.4 is 0 Å². The summed E-state index contributed by atoms with van der Waals surface area (Å²) in [4.78, 5) is 4.30. The van der Waals surface area contributed by atoms with Crippen molar-refractivity contribution in [1.29, 1.82) is 0 Å². The molecule has 118 valence electrons. The van der Waals surface area contributed by atoms with E-state index >= 15 is 0 Å². The Morgan fingerprint density at radius 1 is 1.43 bits per heavy atom. The van der Waals surface area contributed by atoms with Crippen molar-refractivity contribution in [3.63, 3.8) is 0 Å². The van der Waals surface area contributed by atoms with Crippen LogP contribution >= 0.6 is 34.2 Å². The maximum Gasteiger partial charge on any atom is 0.192 e. The van der Waals surface area contributed by atoms with Crippen LogP contribution in [0.2, 0.25) is 18.1 Å². The van der Waals surface area contributed by atoms with Crippen molar-refractivity contribution in [2.75, 3.05) is 4.43 Å². The van der Waals surface area contributed by atoms with Crippen molar-refractivity contribution >= 4 is 48.6 Å². The van der Waals surface area contributed by atoms with Crippen molar-refractivity contribution in [3.05, 3.63) is 35.1 Å². The number of halogens is 2. The van der Waals surface area contributed by atoms with E-state index in [9.17, 15) is 0 Å². The van der Waals surface area contributed by atoms with Gasteiger partial charge in [-0.25, -0.2) is 0 Å². The fourth-order valence-electron chi connectivity index (χ4n) is 1.58. The Morgan fingerprint density at radius 3 is 2.57 bits per heavy atom. The highest BCUT2D eigenvalue weighted by molar-refractivity contribution is 14.1. The standard InChI is InChI=1S/C16H25ClINOSi/c1-16(2,3)21(4,5)20-15(9-10-18)14(17)12-13-8-6-7-11-19-13/h6-8,11-12,15H,9-10H2,1-5H3/b14-12+/t15-/m0/s1. The average Bonchev–Trinajstić information content (AvgIpc) is 2.37. The Morgan fingerprint density at radius 2 is 2.10 bits per heavy atom. The quantitative estimate of drug-likeness (QED) is 0.315. The molecule has 0 aliphatic carbocycles. The van der Waals surface area contributed by atoms with Crippen LogP contribution in [0.4, 0.5) is 0 Å². The van der Waals surface area contributed by atoms with Crippen molar-refractivity contribution in [3.8, 4) is 0 Å². The molecule has 0 fully saturated rings. The van der Waals surface area contributed by atoms with Crippen LogP contribution in [0.3, 0.4) is 0 Å². The zero-order chi connectivity index (χ0) is 16.1. The topological polar surface area (TPSA) is 22.1 Å². The van der Waals surface area contributed by atoms with Gasteiger partial charge >= 0.3 is 0 Å². The van der Waals surface area contributed by atoms with Gasteiger partial charge in [-0.2, -0.15) is 0 Å². The molecule has 0 bridgehead atoms. The van der Waals surface area contributed by atoms with Crippen LogP contribution in [0.15, 0.2) is 29.4 Å². The highest BCUT2D eigenvalue weighted by atomic mass is 127. The molecule has 0 amide bonds. The van der Waals surface area contributed by atoms with Gasteiger partial charge in [0.1, 0.15) is 0 Å². The predicted molar refractivity (Wildman–Crippen MR) is 104 cm³/mol. The molecule has 1 aromatic rings. The highest BCUT2D eigenvalue weighted by Crippen LogP contribution is 2.39. The van der Waals surface area contributed by atoms with E-state index in [1.807, 2.05) is 24.3 Å². The van der Waals surface area contributed by atoms with Gasteiger partial charge in [0.05, 0.1) is 11.8 Å². The minimum atomic E-state index is -1.83. The zero-order valence-corrected chi connectivity index (χ0v) is 17.4. The number of nitrogens with zero attached hydrogens (tertiary/aromatic N) is 1. The third-order valence-electron chi connectivity index (χ3n) is 3.90. The summed E-state index contributed by atoms with van der Waals surface area (Å²) in [6.45, 7) is 11.3. The van der Waals surface area contributed by atoms with Crippen molar-refractivity contribution in [1.82, 2.24) is 4.98 Å². The second-order valence-electron chi connectivity index (χ2n) is 6.63. The summed E-state index contributed by atoms with van der Waals surface area (Å²) >= 11 is 8.90. The summed E-state index contributed by atoms with van der Waals surface area (Å²) in [6.07, 6.45) is 4.59. The Balaban J connectivity index is 2.94. The summed E-state index contributed by atoms with van der Waals surface area (Å²) in [5.74, 6) is 0. The van der Waals surface area contributed by atoms with Gasteiger partial charge < -0.3 is 4.43 Å². The second kappa shape index (κ2) is 8.08. The van der Waals surface area contributed by atoms with Gasteiger partial charge in [0.15, 0.2) is 8.32 Å². The number of hydrogen-bond acceptors (Lipinski definition) is 2. The summed E-state index contributed by atoms with van der Waals surface area (Å²) in [5, 5.41) is 0.925. The first-order valence-corrected chi connectivity index (χ1v) is 12.0. The van der Waals surface area contributed by atoms with Gasteiger partial charge in [-0.05, 0) is 42.8 Å². The minimum absolute atomic E-state index is 0.0357. The van der Waals surface area contributed by atoms with Crippen molar-refractivity contribution < 1.29 is 4.43 Å². The van der Waals surface area contributed by atoms with Gasteiger partial charge in [0.2, 0.25) is 0 Å². The third-order valence-corrected chi connectivity index (χ3v) is 9.36. The molecule has 0 aromatic carbocycles. The van der Waals surface area contributed by atoms with E-state index in [-0.39, 0.29) is 11.1 Å². The van der Waals surface area contributed by atoms with Crippen molar-refractivity contribution in [2.45, 2.75) is 51.4 Å². The molecule has 2 nitrogen and oxygen atoms in total. The highest BCUT2D eigenvalue weighted by Gasteiger charge is 2.39. The maximum absolute atomic E-state index is 6.53. The molecule has 1 aromatic heterocycles. The molecule has 5 heteroatoms. The molecular formula is C16H25ClINOSi. The lowest BCUT2D eigenvalue weighted by Crippen LogP contribution is -2.44. The molecule has 0 unspecified atom stereocenters. The molecule has 0 N–H and O–H groups in total. The van der Waals surface area contributed by atoms with E-state index in [0.717, 1.165) is 21.6 Å². The Labute approximate surface area is 148 Å². The molecule has 1 atom stereocenters. The smallest absolute Gasteiger partial charge is 0.192 e. The summed E-state index contributed by atoms with van der Waals surface area (Å²) < 4.78 is 7.50. The van der Waals surface area contributed by atoms with Crippen LogP contribution in [0.5, 0.6) is 0 Å². The van der Waals surface area contributed by atoms with Gasteiger partial charge in [-0.3, -0.25) is 4.98 Å². The third kappa shape index (κ3) is 6.00. The lowest BCUT2D eigenvalue weighted by atomic mass is 10.2. The molecule has 1 heterocycles. The Kier molecular flexibility index (Phi) is 7.37. The Hall–Kier alpha value is 0.0869. The molecular weight excluding hydrogens is 413 g/mol. The maximum atomic E-state index is 6.53. The second-order valence-corrected chi connectivity index (χ2v) is 12.9.